The molecule has 0 saturated carbocycles. The number of ether oxygens (including phenoxy) is 2. The van der Waals surface area contributed by atoms with Crippen LogP contribution in [0.15, 0.2) is 65.6 Å². The maximum atomic E-state index is 13.9. The van der Waals surface area contributed by atoms with Crippen molar-refractivity contribution in [3.63, 3.8) is 0 Å². The first-order valence-corrected chi connectivity index (χ1v) is 14.8. The molecule has 1 amide bonds. The predicted octanol–water partition coefficient (Wildman–Crippen LogP) is 6.01. The molecule has 1 fully saturated rings. The molecule has 1 heterocycles. The number of benzene rings is 3. The average Bonchev–Trinajstić information content (AvgIpc) is 3.01. The Morgan fingerprint density at radius 2 is 1.66 bits per heavy atom. The first-order valence-electron chi connectivity index (χ1n) is 13.6. The third-order valence-electron chi connectivity index (χ3n) is 6.97. The Morgan fingerprint density at radius 3 is 2.32 bits per heavy atom. The Labute approximate surface area is 254 Å². The number of amides is 1. The molecule has 1 aliphatic heterocycles. The van der Waals surface area contributed by atoms with Gasteiger partial charge in [-0.05, 0) is 91.2 Å². The molecule has 0 atom stereocenters. The van der Waals surface area contributed by atoms with Gasteiger partial charge in [0.15, 0.2) is 11.6 Å². The Bertz CT molecular complexity index is 1490. The van der Waals surface area contributed by atoms with Crippen molar-refractivity contribution in [2.45, 2.75) is 30.5 Å². The zero-order chi connectivity index (χ0) is 31.9. The fourth-order valence-electron chi connectivity index (χ4n) is 4.74. The van der Waals surface area contributed by atoms with E-state index in [1.54, 1.807) is 48.7 Å². The molecular formula is C31H29F5N2O5S. The van der Waals surface area contributed by atoms with E-state index in [2.05, 4.69) is 10.1 Å². The maximum Gasteiger partial charge on any atom is 0.491 e. The van der Waals surface area contributed by atoms with E-state index >= 15 is 0 Å². The van der Waals surface area contributed by atoms with Gasteiger partial charge in [0.05, 0.1) is 0 Å². The summed E-state index contributed by atoms with van der Waals surface area (Å²) in [5.74, 6) is -6.13. The second kappa shape index (κ2) is 14.7. The van der Waals surface area contributed by atoms with Crippen molar-refractivity contribution in [3.05, 3.63) is 83.4 Å². The van der Waals surface area contributed by atoms with Gasteiger partial charge in [-0.2, -0.15) is 13.2 Å². The lowest BCUT2D eigenvalue weighted by Gasteiger charge is -2.29. The van der Waals surface area contributed by atoms with E-state index in [0.717, 1.165) is 17.0 Å². The van der Waals surface area contributed by atoms with Gasteiger partial charge in [0.2, 0.25) is 0 Å². The van der Waals surface area contributed by atoms with E-state index in [1.165, 1.54) is 17.8 Å². The van der Waals surface area contributed by atoms with E-state index in [0.29, 0.717) is 53.3 Å². The summed E-state index contributed by atoms with van der Waals surface area (Å²) in [7, 11) is 0. The molecule has 0 radical (unpaired) electrons. The maximum absolute atomic E-state index is 13.9. The number of halogens is 5. The summed E-state index contributed by atoms with van der Waals surface area (Å²) in [6.07, 6.45) is -2.19. The van der Waals surface area contributed by atoms with Gasteiger partial charge in [-0.3, -0.25) is 4.79 Å². The van der Waals surface area contributed by atoms with Gasteiger partial charge in [-0.15, -0.1) is 11.8 Å². The Balaban J connectivity index is 1.44. The average molecular weight is 637 g/mol. The SMILES string of the molecule is CSc1cc(F)c(F)cc1-c1ccc(OCc2cccc(C(=O)N(CC(=O)OC(=O)C(F)(F)F)CC3CCNCC3)c2)cc1. The molecule has 7 nitrogen and oxygen atoms in total. The summed E-state index contributed by atoms with van der Waals surface area (Å²) in [6.45, 7) is 0.707. The highest BCUT2D eigenvalue weighted by atomic mass is 32.2. The predicted molar refractivity (Wildman–Crippen MR) is 153 cm³/mol. The molecule has 1 saturated heterocycles. The summed E-state index contributed by atoms with van der Waals surface area (Å²) in [5, 5.41) is 3.18. The number of hydrogen-bond acceptors (Lipinski definition) is 7. The van der Waals surface area contributed by atoms with Gasteiger partial charge in [0, 0.05) is 17.0 Å². The first kappa shape index (κ1) is 32.9. The van der Waals surface area contributed by atoms with E-state index in [1.807, 2.05) is 0 Å². The van der Waals surface area contributed by atoms with Crippen molar-refractivity contribution < 1.29 is 45.8 Å². The lowest BCUT2D eigenvalue weighted by atomic mass is 9.97. The van der Waals surface area contributed by atoms with Crippen LogP contribution in [0.25, 0.3) is 11.1 Å². The Kier molecular flexibility index (Phi) is 11.0. The molecule has 0 unspecified atom stereocenters. The Hall–Kier alpha value is -3.97. The molecule has 234 valence electrons. The van der Waals surface area contributed by atoms with Crippen LogP contribution in [0.1, 0.15) is 28.8 Å². The van der Waals surface area contributed by atoms with Crippen LogP contribution in [0.4, 0.5) is 22.0 Å². The van der Waals surface area contributed by atoms with E-state index in [-0.39, 0.29) is 24.6 Å². The largest absolute Gasteiger partial charge is 0.491 e. The number of rotatable bonds is 10. The van der Waals surface area contributed by atoms with Gasteiger partial charge in [0.1, 0.15) is 18.9 Å². The van der Waals surface area contributed by atoms with Crippen molar-refractivity contribution in [1.29, 1.82) is 0 Å². The van der Waals surface area contributed by atoms with Crippen molar-refractivity contribution in [2.75, 3.05) is 32.4 Å². The zero-order valence-electron chi connectivity index (χ0n) is 23.6. The van der Waals surface area contributed by atoms with Gasteiger partial charge >= 0.3 is 18.1 Å². The second-order valence-electron chi connectivity index (χ2n) is 10.1. The number of nitrogens with zero attached hydrogens (tertiary/aromatic N) is 1. The summed E-state index contributed by atoms with van der Waals surface area (Å²) < 4.78 is 75.1. The number of carbonyl (C=O) groups excluding carboxylic acids is 3. The van der Waals surface area contributed by atoms with Crippen LogP contribution in [-0.2, 0) is 20.9 Å². The molecule has 3 aromatic rings. The highest BCUT2D eigenvalue weighted by Crippen LogP contribution is 2.33. The number of piperidine rings is 1. The van der Waals surface area contributed by atoms with Crippen LogP contribution in [0, 0.1) is 17.6 Å². The minimum Gasteiger partial charge on any atom is -0.489 e. The highest BCUT2D eigenvalue weighted by Gasteiger charge is 2.42. The van der Waals surface area contributed by atoms with Crippen LogP contribution in [0.5, 0.6) is 5.75 Å². The number of hydrogen-bond donors (Lipinski definition) is 1. The van der Waals surface area contributed by atoms with Crippen LogP contribution in [-0.4, -0.2) is 61.4 Å². The topological polar surface area (TPSA) is 84.9 Å². The number of nitrogens with one attached hydrogen (secondary N) is 1. The molecule has 1 N–H and O–H groups in total. The smallest absolute Gasteiger partial charge is 0.489 e. The summed E-state index contributed by atoms with van der Waals surface area (Å²) in [6, 6.07) is 15.4. The van der Waals surface area contributed by atoms with Crippen LogP contribution >= 0.6 is 11.8 Å². The summed E-state index contributed by atoms with van der Waals surface area (Å²) >= 11 is 1.29. The molecule has 4 rings (SSSR count). The minimum atomic E-state index is -5.34. The van der Waals surface area contributed by atoms with E-state index < -0.39 is 42.2 Å². The standard InChI is InChI=1S/C31H29F5N2O5S/c1-44-27-15-26(33)25(32)14-24(27)21-5-7-23(8-6-21)42-18-20-3-2-4-22(13-20)29(40)38(16-19-9-11-37-12-10-19)17-28(39)43-30(41)31(34,35)36/h2-8,13-15,19,37H,9-12,16-18H2,1H3. The fraction of sp³-hybridized carbons (Fsp3) is 0.323. The van der Waals surface area contributed by atoms with Crippen molar-refractivity contribution in [3.8, 4) is 16.9 Å². The van der Waals surface area contributed by atoms with Crippen molar-refractivity contribution in [2.24, 2.45) is 5.92 Å². The quantitative estimate of drug-likeness (QED) is 0.126. The first-order chi connectivity index (χ1) is 20.9. The molecule has 3 aromatic carbocycles. The fourth-order valence-corrected chi connectivity index (χ4v) is 5.36. The zero-order valence-corrected chi connectivity index (χ0v) is 24.4. The molecule has 1 aliphatic rings. The lowest BCUT2D eigenvalue weighted by molar-refractivity contribution is -0.202. The van der Waals surface area contributed by atoms with Crippen LogP contribution in [0.3, 0.4) is 0 Å². The second-order valence-corrected chi connectivity index (χ2v) is 11.0. The van der Waals surface area contributed by atoms with Gasteiger partial charge in [-0.1, -0.05) is 24.3 Å². The number of carbonyl (C=O) groups is 3. The van der Waals surface area contributed by atoms with Gasteiger partial charge < -0.3 is 19.7 Å². The molecule has 44 heavy (non-hydrogen) atoms. The molecule has 0 spiro atoms. The Morgan fingerprint density at radius 1 is 0.977 bits per heavy atom. The van der Waals surface area contributed by atoms with Crippen LogP contribution in [0.2, 0.25) is 0 Å². The summed E-state index contributed by atoms with van der Waals surface area (Å²) in [5.41, 5.74) is 1.97. The third kappa shape index (κ3) is 8.79. The van der Waals surface area contributed by atoms with Gasteiger partial charge in [-0.25, -0.2) is 18.4 Å². The minimum absolute atomic E-state index is 0.000734. The third-order valence-corrected chi connectivity index (χ3v) is 7.75. The monoisotopic (exact) mass is 636 g/mol. The van der Waals surface area contributed by atoms with E-state index in [4.69, 9.17) is 4.74 Å². The van der Waals surface area contributed by atoms with E-state index in [9.17, 15) is 36.3 Å². The summed E-state index contributed by atoms with van der Waals surface area (Å²) in [4.78, 5) is 38.4. The molecular weight excluding hydrogens is 607 g/mol. The molecule has 0 bridgehead atoms. The lowest BCUT2D eigenvalue weighted by Crippen LogP contribution is -2.43. The van der Waals surface area contributed by atoms with Crippen molar-refractivity contribution in [1.82, 2.24) is 10.2 Å². The molecule has 13 heteroatoms. The normalized spacial score (nSPS) is 13.8. The van der Waals surface area contributed by atoms with Crippen LogP contribution < -0.4 is 10.1 Å². The molecule has 0 aromatic heterocycles. The van der Waals surface area contributed by atoms with Gasteiger partial charge in [0.25, 0.3) is 5.91 Å². The number of esters is 2. The highest BCUT2D eigenvalue weighted by molar-refractivity contribution is 7.98. The molecule has 0 aliphatic carbocycles. The number of alkyl halides is 3. The van der Waals surface area contributed by atoms with Crippen molar-refractivity contribution >= 4 is 29.6 Å². The number of thioether (sulfide) groups is 1.